The number of nitrogens with one attached hydrogen (secondary N) is 3. The zero-order valence-corrected chi connectivity index (χ0v) is 12.6. The summed E-state index contributed by atoms with van der Waals surface area (Å²) in [6.07, 6.45) is 0.959. The zero-order valence-electron chi connectivity index (χ0n) is 11.1. The molecule has 2 aliphatic rings. The third kappa shape index (κ3) is 2.90. The number of phenolic OH excluding ortho intramolecular Hbond substituents is 1. The van der Waals surface area contributed by atoms with Gasteiger partial charge in [0.15, 0.2) is 0 Å². The lowest BCUT2D eigenvalue weighted by molar-refractivity contribution is 0.343. The van der Waals surface area contributed by atoms with Crippen LogP contribution in [-0.2, 0) is 0 Å². The number of hydrogen-bond acceptors (Lipinski definition) is 4. The van der Waals surface area contributed by atoms with Crippen LogP contribution in [0.1, 0.15) is 18.0 Å². The van der Waals surface area contributed by atoms with Crippen molar-refractivity contribution in [2.24, 2.45) is 5.92 Å². The summed E-state index contributed by atoms with van der Waals surface area (Å²) in [5, 5.41) is 21.2. The topological polar surface area (TPSA) is 56.3 Å². The molecule has 1 aromatic rings. The maximum absolute atomic E-state index is 10.0. The van der Waals surface area contributed by atoms with E-state index in [1.807, 2.05) is 0 Å². The fourth-order valence-corrected chi connectivity index (χ4v) is 3.29. The molecule has 2 fully saturated rings. The van der Waals surface area contributed by atoms with E-state index in [2.05, 4.69) is 16.0 Å². The van der Waals surface area contributed by atoms with Crippen molar-refractivity contribution in [3.8, 4) is 5.75 Å². The van der Waals surface area contributed by atoms with E-state index in [4.69, 9.17) is 23.2 Å². The molecule has 4 N–H and O–H groups in total. The number of aromatic hydroxyl groups is 1. The summed E-state index contributed by atoms with van der Waals surface area (Å²) in [7, 11) is 0. The van der Waals surface area contributed by atoms with Crippen LogP contribution in [0, 0.1) is 5.92 Å². The molecule has 0 saturated carbocycles. The molecule has 0 bridgehead atoms. The standard InChI is InChI=1S/C14H19Cl2N3O/c15-10-1-2-12(20)13(14(10)16)11-3-8(5-19-11)4-18-9-6-17-7-9/h1-2,8-9,11,17-20H,3-7H2/t8-,11-/m0/s1. The second-order valence-electron chi connectivity index (χ2n) is 5.62. The van der Waals surface area contributed by atoms with E-state index in [0.717, 1.165) is 38.2 Å². The zero-order chi connectivity index (χ0) is 14.1. The largest absolute Gasteiger partial charge is 0.508 e. The minimum atomic E-state index is 0.0764. The Hall–Kier alpha value is -0.520. The highest BCUT2D eigenvalue weighted by Crippen LogP contribution is 2.40. The molecule has 110 valence electrons. The van der Waals surface area contributed by atoms with Crippen molar-refractivity contribution in [2.75, 3.05) is 26.2 Å². The first-order valence-electron chi connectivity index (χ1n) is 6.99. The molecule has 4 nitrogen and oxygen atoms in total. The number of hydrogen-bond donors (Lipinski definition) is 4. The highest BCUT2D eigenvalue weighted by molar-refractivity contribution is 6.42. The normalized spacial score (nSPS) is 26.7. The number of halogens is 2. The van der Waals surface area contributed by atoms with Crippen LogP contribution in [0.3, 0.4) is 0 Å². The molecular formula is C14H19Cl2N3O. The molecule has 0 unspecified atom stereocenters. The van der Waals surface area contributed by atoms with Gasteiger partial charge in [0.2, 0.25) is 0 Å². The lowest BCUT2D eigenvalue weighted by Gasteiger charge is -2.29. The lowest BCUT2D eigenvalue weighted by Crippen LogP contribution is -2.56. The second kappa shape index (κ2) is 6.08. The monoisotopic (exact) mass is 315 g/mol. The van der Waals surface area contributed by atoms with Crippen LogP contribution < -0.4 is 16.0 Å². The van der Waals surface area contributed by atoms with E-state index < -0.39 is 0 Å². The van der Waals surface area contributed by atoms with Crippen LogP contribution in [0.15, 0.2) is 12.1 Å². The molecule has 0 aliphatic carbocycles. The molecule has 6 heteroatoms. The van der Waals surface area contributed by atoms with Gasteiger partial charge in [0.1, 0.15) is 5.75 Å². The van der Waals surface area contributed by atoms with E-state index in [-0.39, 0.29) is 11.8 Å². The summed E-state index contributed by atoms with van der Waals surface area (Å²) < 4.78 is 0. The maximum Gasteiger partial charge on any atom is 0.121 e. The van der Waals surface area contributed by atoms with E-state index in [0.29, 0.717) is 22.0 Å². The van der Waals surface area contributed by atoms with Gasteiger partial charge in [-0.1, -0.05) is 23.2 Å². The number of rotatable bonds is 4. The van der Waals surface area contributed by atoms with Crippen LogP contribution in [-0.4, -0.2) is 37.3 Å². The predicted octanol–water partition coefficient (Wildman–Crippen LogP) is 1.91. The first-order chi connectivity index (χ1) is 9.65. The summed E-state index contributed by atoms with van der Waals surface area (Å²) in [6.45, 7) is 4.05. The third-order valence-electron chi connectivity index (χ3n) is 4.16. The van der Waals surface area contributed by atoms with Gasteiger partial charge in [-0.3, -0.25) is 0 Å². The number of phenols is 1. The van der Waals surface area contributed by atoms with Gasteiger partial charge in [-0.2, -0.15) is 0 Å². The minimum absolute atomic E-state index is 0.0764. The van der Waals surface area contributed by atoms with E-state index in [1.165, 1.54) is 0 Å². The van der Waals surface area contributed by atoms with Crippen molar-refractivity contribution in [1.29, 1.82) is 0 Å². The molecule has 2 atom stereocenters. The van der Waals surface area contributed by atoms with Crippen molar-refractivity contribution in [2.45, 2.75) is 18.5 Å². The van der Waals surface area contributed by atoms with Crippen LogP contribution in [0.5, 0.6) is 5.75 Å². The quantitative estimate of drug-likeness (QED) is 0.685. The second-order valence-corrected chi connectivity index (χ2v) is 6.41. The van der Waals surface area contributed by atoms with Crippen LogP contribution in [0.2, 0.25) is 10.0 Å². The van der Waals surface area contributed by atoms with Crippen LogP contribution in [0.25, 0.3) is 0 Å². The summed E-state index contributed by atoms with van der Waals surface area (Å²) >= 11 is 12.3. The Morgan fingerprint density at radius 2 is 2.05 bits per heavy atom. The molecule has 2 heterocycles. The summed E-state index contributed by atoms with van der Waals surface area (Å²) in [5.41, 5.74) is 0.729. The van der Waals surface area contributed by atoms with Gasteiger partial charge in [-0.05, 0) is 37.6 Å². The third-order valence-corrected chi connectivity index (χ3v) is 4.98. The molecule has 3 rings (SSSR count). The van der Waals surface area contributed by atoms with Gasteiger partial charge in [-0.25, -0.2) is 0 Å². The van der Waals surface area contributed by atoms with Gasteiger partial charge in [0.05, 0.1) is 10.0 Å². The van der Waals surface area contributed by atoms with E-state index in [9.17, 15) is 5.11 Å². The smallest absolute Gasteiger partial charge is 0.121 e. The van der Waals surface area contributed by atoms with Crippen molar-refractivity contribution in [3.63, 3.8) is 0 Å². The van der Waals surface area contributed by atoms with Crippen molar-refractivity contribution < 1.29 is 5.11 Å². The van der Waals surface area contributed by atoms with Crippen molar-refractivity contribution >= 4 is 23.2 Å². The molecule has 1 aromatic carbocycles. The molecule has 2 aliphatic heterocycles. The first-order valence-corrected chi connectivity index (χ1v) is 7.75. The average molecular weight is 316 g/mol. The van der Waals surface area contributed by atoms with Crippen molar-refractivity contribution in [1.82, 2.24) is 16.0 Å². The first kappa shape index (κ1) is 14.4. The van der Waals surface area contributed by atoms with E-state index in [1.54, 1.807) is 12.1 Å². The fraction of sp³-hybridized carbons (Fsp3) is 0.571. The Morgan fingerprint density at radius 3 is 2.75 bits per heavy atom. The molecule has 0 radical (unpaired) electrons. The Kier molecular flexibility index (Phi) is 4.38. The summed E-state index contributed by atoms with van der Waals surface area (Å²) in [5.74, 6) is 0.767. The Bertz CT molecular complexity index is 494. The van der Waals surface area contributed by atoms with Gasteiger partial charge < -0.3 is 21.1 Å². The Balaban J connectivity index is 1.63. The van der Waals surface area contributed by atoms with Crippen molar-refractivity contribution in [3.05, 3.63) is 27.7 Å². The molecule has 0 amide bonds. The predicted molar refractivity (Wildman–Crippen MR) is 81.6 cm³/mol. The van der Waals surface area contributed by atoms with Gasteiger partial charge in [0, 0.05) is 30.7 Å². The molecular weight excluding hydrogens is 297 g/mol. The lowest BCUT2D eigenvalue weighted by atomic mass is 9.98. The Morgan fingerprint density at radius 1 is 1.25 bits per heavy atom. The fourth-order valence-electron chi connectivity index (χ4n) is 2.84. The molecule has 20 heavy (non-hydrogen) atoms. The van der Waals surface area contributed by atoms with Crippen LogP contribution in [0.4, 0.5) is 0 Å². The molecule has 0 spiro atoms. The minimum Gasteiger partial charge on any atom is -0.508 e. The molecule has 0 aromatic heterocycles. The highest BCUT2D eigenvalue weighted by Gasteiger charge is 2.30. The van der Waals surface area contributed by atoms with E-state index >= 15 is 0 Å². The van der Waals surface area contributed by atoms with Crippen LogP contribution >= 0.6 is 23.2 Å². The van der Waals surface area contributed by atoms with Gasteiger partial charge in [-0.15, -0.1) is 0 Å². The molecule has 2 saturated heterocycles. The van der Waals surface area contributed by atoms with Gasteiger partial charge >= 0.3 is 0 Å². The SMILES string of the molecule is Oc1ccc(Cl)c(Cl)c1[C@@H]1C[C@@H](CNC2CNC2)CN1. The maximum atomic E-state index is 10.0. The summed E-state index contributed by atoms with van der Waals surface area (Å²) in [6, 6.07) is 3.92. The number of benzene rings is 1. The summed E-state index contributed by atoms with van der Waals surface area (Å²) in [4.78, 5) is 0. The van der Waals surface area contributed by atoms with Gasteiger partial charge in [0.25, 0.3) is 0 Å². The average Bonchev–Trinajstić information content (AvgIpc) is 2.81. The highest BCUT2D eigenvalue weighted by atomic mass is 35.5. The Labute approximate surface area is 128 Å².